The van der Waals surface area contributed by atoms with E-state index < -0.39 is 0 Å². The zero-order chi connectivity index (χ0) is 24.2. The summed E-state index contributed by atoms with van der Waals surface area (Å²) in [6, 6.07) is 15.4. The van der Waals surface area contributed by atoms with E-state index in [1.165, 1.54) is 11.1 Å². The molecule has 0 aliphatic carbocycles. The molecule has 180 valence electrons. The van der Waals surface area contributed by atoms with Crippen LogP contribution in [0.15, 0.2) is 55.0 Å². The SMILES string of the molecule is CC(C)(C)c1ccc(CN2CC[C@H](n3cc(-c4ccc5c(c4)OCO5)c4c(N)ncnc43)C2)cc1. The van der Waals surface area contributed by atoms with E-state index in [9.17, 15) is 0 Å². The van der Waals surface area contributed by atoms with Gasteiger partial charge in [-0.3, -0.25) is 4.90 Å². The molecular weight excluding hydrogens is 438 g/mol. The van der Waals surface area contributed by atoms with Crippen molar-refractivity contribution in [3.05, 3.63) is 66.1 Å². The Morgan fingerprint density at radius 2 is 1.83 bits per heavy atom. The Balaban J connectivity index is 1.28. The van der Waals surface area contributed by atoms with Gasteiger partial charge in [-0.15, -0.1) is 0 Å². The van der Waals surface area contributed by atoms with E-state index >= 15 is 0 Å². The van der Waals surface area contributed by atoms with Crippen molar-refractivity contribution in [1.82, 2.24) is 19.4 Å². The van der Waals surface area contributed by atoms with Crippen LogP contribution in [-0.2, 0) is 12.0 Å². The molecule has 0 amide bonds. The molecule has 2 aliphatic heterocycles. The minimum atomic E-state index is 0.173. The summed E-state index contributed by atoms with van der Waals surface area (Å²) < 4.78 is 13.4. The number of fused-ring (bicyclic) bond motifs is 2. The molecule has 0 saturated carbocycles. The third-order valence-corrected chi connectivity index (χ3v) is 7.19. The zero-order valence-corrected chi connectivity index (χ0v) is 20.5. The minimum absolute atomic E-state index is 0.173. The fourth-order valence-electron chi connectivity index (χ4n) is 5.22. The van der Waals surface area contributed by atoms with Gasteiger partial charge in [0, 0.05) is 37.4 Å². The van der Waals surface area contributed by atoms with E-state index in [-0.39, 0.29) is 12.2 Å². The van der Waals surface area contributed by atoms with Crippen molar-refractivity contribution in [1.29, 1.82) is 0 Å². The van der Waals surface area contributed by atoms with Crippen LogP contribution in [0.4, 0.5) is 5.82 Å². The quantitative estimate of drug-likeness (QED) is 0.445. The summed E-state index contributed by atoms with van der Waals surface area (Å²) in [6.07, 6.45) is 4.80. The highest BCUT2D eigenvalue weighted by Gasteiger charge is 2.28. The molecule has 2 aromatic carbocycles. The highest BCUT2D eigenvalue weighted by molar-refractivity contribution is 6.01. The molecule has 4 heterocycles. The van der Waals surface area contributed by atoms with E-state index in [4.69, 9.17) is 15.2 Å². The predicted octanol–water partition coefficient (Wildman–Crippen LogP) is 5.15. The van der Waals surface area contributed by atoms with E-state index in [0.717, 1.165) is 59.7 Å². The number of anilines is 1. The molecule has 0 spiro atoms. The first-order valence-electron chi connectivity index (χ1n) is 12.2. The normalized spacial score (nSPS) is 18.0. The third kappa shape index (κ3) is 4.00. The van der Waals surface area contributed by atoms with Gasteiger partial charge < -0.3 is 19.8 Å². The molecule has 4 aromatic rings. The largest absolute Gasteiger partial charge is 0.454 e. The number of nitrogen functional groups attached to an aromatic ring is 1. The molecule has 0 bridgehead atoms. The number of hydrogen-bond acceptors (Lipinski definition) is 6. The van der Waals surface area contributed by atoms with Gasteiger partial charge in [0.15, 0.2) is 11.5 Å². The number of nitrogens with zero attached hydrogens (tertiary/aromatic N) is 4. The maximum absolute atomic E-state index is 6.36. The molecule has 1 saturated heterocycles. The third-order valence-electron chi connectivity index (χ3n) is 7.19. The monoisotopic (exact) mass is 469 g/mol. The minimum Gasteiger partial charge on any atom is -0.454 e. The maximum Gasteiger partial charge on any atom is 0.231 e. The van der Waals surface area contributed by atoms with E-state index in [0.29, 0.717) is 11.9 Å². The van der Waals surface area contributed by atoms with Crippen LogP contribution in [0.1, 0.15) is 44.4 Å². The number of nitrogens with two attached hydrogens (primary N) is 1. The highest BCUT2D eigenvalue weighted by atomic mass is 16.7. The van der Waals surface area contributed by atoms with Crippen LogP contribution in [0, 0.1) is 0 Å². The summed E-state index contributed by atoms with van der Waals surface area (Å²) in [7, 11) is 0. The Labute approximate surface area is 205 Å². The first-order chi connectivity index (χ1) is 16.9. The van der Waals surface area contributed by atoms with Crippen molar-refractivity contribution in [2.24, 2.45) is 0 Å². The molecule has 6 rings (SSSR count). The average Bonchev–Trinajstić information content (AvgIpc) is 3.57. The van der Waals surface area contributed by atoms with Crippen LogP contribution >= 0.6 is 0 Å². The Bertz CT molecular complexity index is 1390. The second kappa shape index (κ2) is 8.27. The molecule has 1 fully saturated rings. The Kier molecular flexibility index (Phi) is 5.18. The lowest BCUT2D eigenvalue weighted by Gasteiger charge is -2.21. The summed E-state index contributed by atoms with van der Waals surface area (Å²) in [4.78, 5) is 11.5. The van der Waals surface area contributed by atoms with Crippen molar-refractivity contribution < 1.29 is 9.47 Å². The molecular formula is C28H31N5O2. The van der Waals surface area contributed by atoms with Crippen LogP contribution in [0.25, 0.3) is 22.2 Å². The fraction of sp³-hybridized carbons (Fsp3) is 0.357. The van der Waals surface area contributed by atoms with Crippen molar-refractivity contribution in [2.75, 3.05) is 25.6 Å². The molecule has 7 nitrogen and oxygen atoms in total. The number of ether oxygens (including phenoxy) is 2. The van der Waals surface area contributed by atoms with Gasteiger partial charge in [0.05, 0.1) is 5.39 Å². The number of hydrogen-bond donors (Lipinski definition) is 1. The predicted molar refractivity (Wildman–Crippen MR) is 138 cm³/mol. The van der Waals surface area contributed by atoms with Gasteiger partial charge in [-0.25, -0.2) is 9.97 Å². The standard InChI is InChI=1S/C28H31N5O2/c1-28(2,3)20-7-4-18(5-8-20)13-32-11-10-21(14-32)33-15-22(25-26(29)30-16-31-27(25)33)19-6-9-23-24(12-19)35-17-34-23/h4-9,12,15-16,21H,10-11,13-14,17H2,1-3H3,(H2,29,30,31)/t21-/m0/s1. The summed E-state index contributed by atoms with van der Waals surface area (Å²) in [5.41, 5.74) is 12.2. The fourth-order valence-corrected chi connectivity index (χ4v) is 5.22. The van der Waals surface area contributed by atoms with Gasteiger partial charge >= 0.3 is 0 Å². The number of benzene rings is 2. The van der Waals surface area contributed by atoms with Crippen LogP contribution < -0.4 is 15.2 Å². The van der Waals surface area contributed by atoms with E-state index in [1.54, 1.807) is 6.33 Å². The van der Waals surface area contributed by atoms with Gasteiger partial charge in [0.25, 0.3) is 0 Å². The van der Waals surface area contributed by atoms with Gasteiger partial charge in [0.1, 0.15) is 17.8 Å². The van der Waals surface area contributed by atoms with Gasteiger partial charge in [-0.1, -0.05) is 51.1 Å². The molecule has 1 atom stereocenters. The Morgan fingerprint density at radius 1 is 1.03 bits per heavy atom. The molecule has 0 radical (unpaired) electrons. The smallest absolute Gasteiger partial charge is 0.231 e. The lowest BCUT2D eigenvalue weighted by Crippen LogP contribution is -2.21. The molecule has 2 aromatic heterocycles. The van der Waals surface area contributed by atoms with Crippen molar-refractivity contribution in [2.45, 2.75) is 45.2 Å². The van der Waals surface area contributed by atoms with Gasteiger partial charge in [-0.2, -0.15) is 0 Å². The summed E-state index contributed by atoms with van der Waals surface area (Å²) in [5.74, 6) is 2.02. The number of aromatic nitrogens is 3. The lowest BCUT2D eigenvalue weighted by atomic mass is 9.87. The zero-order valence-electron chi connectivity index (χ0n) is 20.5. The molecule has 35 heavy (non-hydrogen) atoms. The summed E-state index contributed by atoms with van der Waals surface area (Å²) >= 11 is 0. The first kappa shape index (κ1) is 21.9. The van der Waals surface area contributed by atoms with Crippen LogP contribution in [0.5, 0.6) is 11.5 Å². The lowest BCUT2D eigenvalue weighted by molar-refractivity contribution is 0.174. The topological polar surface area (TPSA) is 78.4 Å². The van der Waals surface area contributed by atoms with Crippen LogP contribution in [0.3, 0.4) is 0 Å². The number of likely N-dealkylation sites (tertiary alicyclic amines) is 1. The highest BCUT2D eigenvalue weighted by Crippen LogP contribution is 2.41. The average molecular weight is 470 g/mol. The van der Waals surface area contributed by atoms with Crippen molar-refractivity contribution >= 4 is 16.9 Å². The van der Waals surface area contributed by atoms with Crippen molar-refractivity contribution in [3.8, 4) is 22.6 Å². The molecule has 2 aliphatic rings. The van der Waals surface area contributed by atoms with Crippen LogP contribution in [-0.4, -0.2) is 39.3 Å². The van der Waals surface area contributed by atoms with E-state index in [1.807, 2.05) is 18.2 Å². The summed E-state index contributed by atoms with van der Waals surface area (Å²) in [6.45, 7) is 9.98. The van der Waals surface area contributed by atoms with E-state index in [2.05, 4.69) is 70.7 Å². The Hall–Kier alpha value is -3.58. The van der Waals surface area contributed by atoms with Gasteiger partial charge in [-0.05, 0) is 40.7 Å². The molecule has 2 N–H and O–H groups in total. The van der Waals surface area contributed by atoms with Crippen molar-refractivity contribution in [3.63, 3.8) is 0 Å². The van der Waals surface area contributed by atoms with Gasteiger partial charge in [0.2, 0.25) is 6.79 Å². The second-order valence-electron chi connectivity index (χ2n) is 10.6. The summed E-state index contributed by atoms with van der Waals surface area (Å²) in [5, 5.41) is 0.891. The number of rotatable bonds is 4. The maximum atomic E-state index is 6.36. The first-order valence-corrected chi connectivity index (χ1v) is 12.2. The van der Waals surface area contributed by atoms with Crippen LogP contribution in [0.2, 0.25) is 0 Å². The Morgan fingerprint density at radius 3 is 2.63 bits per heavy atom. The second-order valence-corrected chi connectivity index (χ2v) is 10.6. The molecule has 0 unspecified atom stereocenters. The molecule has 7 heteroatoms.